The lowest BCUT2D eigenvalue weighted by Gasteiger charge is -2.29. The van der Waals surface area contributed by atoms with Gasteiger partial charge in [0.2, 0.25) is 0 Å². The number of esters is 1. The minimum Gasteiger partial charge on any atom is -0.463 e. The van der Waals surface area contributed by atoms with Gasteiger partial charge in [0.15, 0.2) is 10.7 Å². The molecule has 4 heterocycles. The molecule has 1 saturated heterocycles. The molecule has 9 heteroatoms. The Morgan fingerprint density at radius 1 is 1.10 bits per heavy atom. The van der Waals surface area contributed by atoms with Crippen LogP contribution in [0.1, 0.15) is 49.6 Å². The van der Waals surface area contributed by atoms with Gasteiger partial charge >= 0.3 is 5.97 Å². The number of carbonyl (C=O) groups is 1. The number of piperidine rings is 1. The van der Waals surface area contributed by atoms with Gasteiger partial charge in [-0.1, -0.05) is 72.3 Å². The van der Waals surface area contributed by atoms with Gasteiger partial charge in [0.05, 0.1) is 28.5 Å². The third kappa shape index (κ3) is 5.42. The van der Waals surface area contributed by atoms with Crippen molar-refractivity contribution in [2.75, 3.05) is 24.6 Å². The molecular weight excluding hydrogens is 558 g/mol. The highest BCUT2D eigenvalue weighted by atomic mass is 35.5. The normalized spacial score (nSPS) is 17.9. The lowest BCUT2D eigenvalue weighted by atomic mass is 9.93. The van der Waals surface area contributed by atoms with Crippen LogP contribution in [-0.4, -0.2) is 30.2 Å². The minimum atomic E-state index is -0.748. The van der Waals surface area contributed by atoms with Crippen LogP contribution in [0.2, 0.25) is 5.02 Å². The van der Waals surface area contributed by atoms with E-state index in [0.717, 1.165) is 48.9 Å². The number of furan rings is 1. The predicted octanol–water partition coefficient (Wildman–Crippen LogP) is 5.42. The van der Waals surface area contributed by atoms with E-state index in [1.54, 1.807) is 29.7 Å². The summed E-state index contributed by atoms with van der Waals surface area (Å²) >= 11 is 7.48. The van der Waals surface area contributed by atoms with E-state index in [9.17, 15) is 9.59 Å². The number of aromatic nitrogens is 1. The summed E-state index contributed by atoms with van der Waals surface area (Å²) < 4.78 is 13.7. The van der Waals surface area contributed by atoms with Crippen LogP contribution in [0.5, 0.6) is 0 Å². The van der Waals surface area contributed by atoms with Crippen molar-refractivity contribution < 1.29 is 13.9 Å². The van der Waals surface area contributed by atoms with Crippen molar-refractivity contribution in [3.8, 4) is 0 Å². The van der Waals surface area contributed by atoms with Crippen molar-refractivity contribution in [1.29, 1.82) is 0 Å². The van der Waals surface area contributed by atoms with Crippen LogP contribution in [0.25, 0.3) is 11.8 Å². The van der Waals surface area contributed by atoms with E-state index in [1.807, 2.05) is 54.6 Å². The topological polar surface area (TPSA) is 77.0 Å². The molecular formula is C32H30ClN3O4S. The zero-order valence-electron chi connectivity index (χ0n) is 22.9. The van der Waals surface area contributed by atoms with E-state index in [-0.39, 0.29) is 12.2 Å². The Morgan fingerprint density at radius 3 is 2.54 bits per heavy atom. The molecule has 1 atom stereocenters. The average Bonchev–Trinajstić information content (AvgIpc) is 3.58. The third-order valence-electron chi connectivity index (χ3n) is 7.54. The lowest BCUT2D eigenvalue weighted by molar-refractivity contribution is -0.138. The van der Waals surface area contributed by atoms with E-state index < -0.39 is 12.0 Å². The smallest absolute Gasteiger partial charge is 0.338 e. The Kier molecular flexibility index (Phi) is 7.69. The molecule has 0 bridgehead atoms. The summed E-state index contributed by atoms with van der Waals surface area (Å²) in [5, 5.41) is 0.558. The van der Waals surface area contributed by atoms with Gasteiger partial charge in [-0.25, -0.2) is 9.79 Å². The molecule has 4 aromatic rings. The van der Waals surface area contributed by atoms with Crippen LogP contribution in [0.15, 0.2) is 86.5 Å². The summed E-state index contributed by atoms with van der Waals surface area (Å²) in [6, 6.07) is 19.8. The molecule has 2 aliphatic rings. The summed E-state index contributed by atoms with van der Waals surface area (Å²) in [4.78, 5) is 35.1. The van der Waals surface area contributed by atoms with Crippen LogP contribution < -0.4 is 19.8 Å². The van der Waals surface area contributed by atoms with Gasteiger partial charge in [0.25, 0.3) is 5.56 Å². The fourth-order valence-electron chi connectivity index (χ4n) is 5.35. The Balaban J connectivity index is 1.51. The number of ether oxygens (including phenoxy) is 1. The molecule has 6 rings (SSSR count). The maximum absolute atomic E-state index is 14.0. The molecule has 0 aliphatic carbocycles. The molecule has 0 unspecified atom stereocenters. The van der Waals surface area contributed by atoms with Crippen LogP contribution in [0.3, 0.4) is 0 Å². The van der Waals surface area contributed by atoms with E-state index in [2.05, 4.69) is 11.8 Å². The summed E-state index contributed by atoms with van der Waals surface area (Å²) in [7, 11) is 0. The van der Waals surface area contributed by atoms with Gasteiger partial charge in [-0.2, -0.15) is 0 Å². The van der Waals surface area contributed by atoms with Crippen molar-refractivity contribution in [3.05, 3.63) is 114 Å². The summed E-state index contributed by atoms with van der Waals surface area (Å²) in [6.45, 7) is 6.14. The first kappa shape index (κ1) is 27.3. The van der Waals surface area contributed by atoms with E-state index >= 15 is 0 Å². The minimum absolute atomic E-state index is 0.193. The summed E-state index contributed by atoms with van der Waals surface area (Å²) in [6.07, 6.45) is 4.02. The van der Waals surface area contributed by atoms with Crippen LogP contribution in [0, 0.1) is 5.92 Å². The number of halogens is 1. The molecule has 0 amide bonds. The summed E-state index contributed by atoms with van der Waals surface area (Å²) in [5.74, 6) is 1.61. The highest BCUT2D eigenvalue weighted by Gasteiger charge is 2.35. The van der Waals surface area contributed by atoms with E-state index in [0.29, 0.717) is 31.4 Å². The van der Waals surface area contributed by atoms with E-state index in [1.165, 1.54) is 11.3 Å². The number of rotatable bonds is 6. The van der Waals surface area contributed by atoms with Crippen molar-refractivity contribution in [2.45, 2.75) is 32.7 Å². The molecule has 0 radical (unpaired) electrons. The second-order valence-electron chi connectivity index (χ2n) is 10.3. The third-order valence-corrected chi connectivity index (χ3v) is 8.78. The van der Waals surface area contributed by atoms with Crippen LogP contribution >= 0.6 is 22.9 Å². The largest absolute Gasteiger partial charge is 0.463 e. The highest BCUT2D eigenvalue weighted by molar-refractivity contribution is 7.07. The molecule has 0 saturated carbocycles. The maximum atomic E-state index is 14.0. The molecule has 2 aromatic carbocycles. The first-order valence-electron chi connectivity index (χ1n) is 13.8. The fraction of sp³-hybridized carbons (Fsp3) is 0.281. The molecule has 0 spiro atoms. The van der Waals surface area contributed by atoms with Crippen LogP contribution in [-0.2, 0) is 9.53 Å². The molecule has 0 N–H and O–H groups in total. The van der Waals surface area contributed by atoms with Gasteiger partial charge < -0.3 is 14.1 Å². The van der Waals surface area contributed by atoms with Gasteiger partial charge in [-0.3, -0.25) is 9.36 Å². The quantitative estimate of drug-likeness (QED) is 0.282. The number of thiazole rings is 1. The van der Waals surface area contributed by atoms with Crippen molar-refractivity contribution in [1.82, 2.24) is 4.57 Å². The number of benzene rings is 2. The standard InChI is InChI=1S/C32H30ClN3O4S/c1-3-39-31(38)27-28(21-7-5-4-6-8-21)34-32-36(29(27)22-9-11-23(33)12-10-22)30(37)25(41-32)19-24-13-14-26(40-24)35-17-15-20(2)16-18-35/h4-14,19-20,29H,3,15-18H2,1-2H3/b25-19+/t29-/m0/s1. The number of fused-ring (bicyclic) bond motifs is 1. The number of hydrogen-bond donors (Lipinski definition) is 0. The molecule has 7 nitrogen and oxygen atoms in total. The van der Waals surface area contributed by atoms with E-state index in [4.69, 9.17) is 25.7 Å². The predicted molar refractivity (Wildman–Crippen MR) is 162 cm³/mol. The maximum Gasteiger partial charge on any atom is 0.338 e. The molecule has 41 heavy (non-hydrogen) atoms. The Hall–Kier alpha value is -3.88. The zero-order chi connectivity index (χ0) is 28.5. The fourth-order valence-corrected chi connectivity index (χ4v) is 6.46. The first-order valence-corrected chi connectivity index (χ1v) is 15.0. The number of anilines is 1. The second kappa shape index (κ2) is 11.5. The monoisotopic (exact) mass is 587 g/mol. The van der Waals surface area contributed by atoms with Crippen molar-refractivity contribution >= 4 is 46.6 Å². The SMILES string of the molecule is CCOC(=O)C1=C(c2ccccc2)N=c2s/c(=C/c3ccc(N4CCC(C)CC4)o3)c(=O)n2[C@H]1c1ccc(Cl)cc1. The van der Waals surface area contributed by atoms with Gasteiger partial charge in [-0.15, -0.1) is 0 Å². The number of carbonyl (C=O) groups excluding carboxylic acids is 1. The molecule has 1 fully saturated rings. The Labute approximate surface area is 246 Å². The van der Waals surface area contributed by atoms with Crippen molar-refractivity contribution in [3.63, 3.8) is 0 Å². The first-order chi connectivity index (χ1) is 19.9. The van der Waals surface area contributed by atoms with Crippen LogP contribution in [0.4, 0.5) is 5.88 Å². The molecule has 210 valence electrons. The second-order valence-corrected chi connectivity index (χ2v) is 11.8. The van der Waals surface area contributed by atoms with Gasteiger partial charge in [-0.05, 0) is 49.4 Å². The van der Waals surface area contributed by atoms with Gasteiger partial charge in [0, 0.05) is 35.8 Å². The Morgan fingerprint density at radius 2 is 1.83 bits per heavy atom. The Bertz CT molecular complexity index is 1780. The van der Waals surface area contributed by atoms with Crippen molar-refractivity contribution in [2.24, 2.45) is 10.9 Å². The zero-order valence-corrected chi connectivity index (χ0v) is 24.5. The summed E-state index contributed by atoms with van der Waals surface area (Å²) in [5.41, 5.74) is 2.02. The number of nitrogens with zero attached hydrogens (tertiary/aromatic N) is 3. The van der Waals surface area contributed by atoms with Gasteiger partial charge in [0.1, 0.15) is 5.76 Å². The average molecular weight is 588 g/mol. The highest BCUT2D eigenvalue weighted by Crippen LogP contribution is 2.35. The molecule has 2 aliphatic heterocycles. The lowest BCUT2D eigenvalue weighted by Crippen LogP contribution is -2.40. The number of hydrogen-bond acceptors (Lipinski definition) is 7. The molecule has 2 aromatic heterocycles.